The number of nitrogens with two attached hydrogens (primary N) is 1. The van der Waals surface area contributed by atoms with Crippen LogP contribution in [0.4, 0.5) is 0 Å². The molecule has 1 aromatic rings. The topological polar surface area (TPSA) is 26.0 Å². The summed E-state index contributed by atoms with van der Waals surface area (Å²) in [5.74, 6) is 0. The molecular weight excluding hydrogens is 162 g/mol. The normalized spacial score (nSPS) is 11.7. The van der Waals surface area contributed by atoms with Crippen LogP contribution in [-0.2, 0) is 6.54 Å². The van der Waals surface area contributed by atoms with Crippen molar-refractivity contribution in [3.05, 3.63) is 29.8 Å². The van der Waals surface area contributed by atoms with E-state index in [-0.39, 0.29) is 0 Å². The maximum Gasteiger partial charge on any atom is 0.0780 e. The summed E-state index contributed by atoms with van der Waals surface area (Å²) in [5, 5.41) is 1.49. The molecule has 0 fully saturated rings. The van der Waals surface area contributed by atoms with Crippen LogP contribution in [0.1, 0.15) is 5.56 Å². The van der Waals surface area contributed by atoms with E-state index in [1.54, 1.807) is 0 Å². The van der Waals surface area contributed by atoms with Crippen molar-refractivity contribution in [3.63, 3.8) is 0 Å². The second-order valence-electron chi connectivity index (χ2n) is 4.11. The summed E-state index contributed by atoms with van der Waals surface area (Å²) >= 11 is 0. The molecule has 1 aromatic carbocycles. The van der Waals surface area contributed by atoms with Gasteiger partial charge in [0.1, 0.15) is 0 Å². The van der Waals surface area contributed by atoms with Gasteiger partial charge in [0.25, 0.3) is 0 Å². The van der Waals surface area contributed by atoms with Gasteiger partial charge in [-0.3, -0.25) is 0 Å². The van der Waals surface area contributed by atoms with Gasteiger partial charge in [-0.15, -0.1) is 0 Å². The van der Waals surface area contributed by atoms with Gasteiger partial charge in [-0.05, 0) is 5.56 Å². The van der Waals surface area contributed by atoms with Crippen LogP contribution in [0.2, 0.25) is 19.6 Å². The van der Waals surface area contributed by atoms with E-state index in [0.29, 0.717) is 6.54 Å². The Morgan fingerprint density at radius 2 is 1.75 bits per heavy atom. The minimum absolute atomic E-state index is 0.667. The fourth-order valence-corrected chi connectivity index (χ4v) is 3.17. The molecule has 0 bridgehead atoms. The van der Waals surface area contributed by atoms with Gasteiger partial charge in [-0.25, -0.2) is 0 Å². The van der Waals surface area contributed by atoms with Crippen LogP contribution < -0.4 is 10.9 Å². The van der Waals surface area contributed by atoms with Crippen molar-refractivity contribution in [2.45, 2.75) is 26.2 Å². The zero-order valence-corrected chi connectivity index (χ0v) is 9.09. The van der Waals surface area contributed by atoms with Crippen LogP contribution in [0.3, 0.4) is 0 Å². The number of benzene rings is 1. The third-order valence-corrected chi connectivity index (χ3v) is 4.15. The van der Waals surface area contributed by atoms with Crippen LogP contribution in [0.5, 0.6) is 0 Å². The van der Waals surface area contributed by atoms with Crippen LogP contribution >= 0.6 is 0 Å². The fraction of sp³-hybridized carbons (Fsp3) is 0.400. The van der Waals surface area contributed by atoms with Crippen molar-refractivity contribution in [2.75, 3.05) is 0 Å². The zero-order chi connectivity index (χ0) is 9.19. The van der Waals surface area contributed by atoms with Crippen LogP contribution in [0.15, 0.2) is 24.3 Å². The van der Waals surface area contributed by atoms with Gasteiger partial charge in [-0.1, -0.05) is 49.1 Å². The number of rotatable bonds is 2. The molecule has 0 aliphatic heterocycles. The van der Waals surface area contributed by atoms with E-state index >= 15 is 0 Å². The van der Waals surface area contributed by atoms with Gasteiger partial charge in [0.2, 0.25) is 0 Å². The third kappa shape index (κ3) is 1.96. The predicted molar refractivity (Wildman–Crippen MR) is 57.3 cm³/mol. The lowest BCUT2D eigenvalue weighted by Crippen LogP contribution is -2.40. The number of hydrogen-bond acceptors (Lipinski definition) is 1. The van der Waals surface area contributed by atoms with Gasteiger partial charge >= 0.3 is 0 Å². The lowest BCUT2D eigenvalue weighted by atomic mass is 10.2. The Labute approximate surface area is 75.6 Å². The molecular formula is C10H17NSi. The molecule has 1 rings (SSSR count). The summed E-state index contributed by atoms with van der Waals surface area (Å²) < 4.78 is 0. The minimum Gasteiger partial charge on any atom is -0.327 e. The van der Waals surface area contributed by atoms with Crippen molar-refractivity contribution in [3.8, 4) is 0 Å². The highest BCUT2D eigenvalue weighted by molar-refractivity contribution is 6.89. The van der Waals surface area contributed by atoms with Crippen molar-refractivity contribution < 1.29 is 0 Å². The van der Waals surface area contributed by atoms with E-state index in [2.05, 4.69) is 43.9 Å². The Balaban J connectivity index is 3.14. The first kappa shape index (κ1) is 9.48. The van der Waals surface area contributed by atoms with E-state index in [9.17, 15) is 0 Å². The highest BCUT2D eigenvalue weighted by atomic mass is 28.3. The molecule has 2 heteroatoms. The average molecular weight is 179 g/mol. The molecule has 0 heterocycles. The van der Waals surface area contributed by atoms with E-state index < -0.39 is 8.07 Å². The molecule has 0 aromatic heterocycles. The molecule has 66 valence electrons. The SMILES string of the molecule is C[Si](C)(C)c1ccccc1CN. The summed E-state index contributed by atoms with van der Waals surface area (Å²) in [7, 11) is -1.18. The summed E-state index contributed by atoms with van der Waals surface area (Å²) in [6, 6.07) is 8.51. The summed E-state index contributed by atoms with van der Waals surface area (Å²) in [5.41, 5.74) is 6.99. The smallest absolute Gasteiger partial charge is 0.0780 e. The Bertz CT molecular complexity index is 263. The maximum absolute atomic E-state index is 5.67. The van der Waals surface area contributed by atoms with Gasteiger partial charge in [0.05, 0.1) is 8.07 Å². The molecule has 0 spiro atoms. The molecule has 0 unspecified atom stereocenters. The van der Waals surface area contributed by atoms with Crippen molar-refractivity contribution >= 4 is 13.3 Å². The molecule has 0 radical (unpaired) electrons. The fourth-order valence-electron chi connectivity index (χ4n) is 1.43. The summed E-state index contributed by atoms with van der Waals surface area (Å²) in [4.78, 5) is 0. The van der Waals surface area contributed by atoms with Crippen LogP contribution in [0, 0.1) is 0 Å². The molecule has 0 amide bonds. The van der Waals surface area contributed by atoms with Crippen molar-refractivity contribution in [1.29, 1.82) is 0 Å². The van der Waals surface area contributed by atoms with Crippen molar-refractivity contribution in [1.82, 2.24) is 0 Å². The molecule has 1 nitrogen and oxygen atoms in total. The van der Waals surface area contributed by atoms with E-state index in [4.69, 9.17) is 5.73 Å². The highest BCUT2D eigenvalue weighted by Gasteiger charge is 2.18. The minimum atomic E-state index is -1.18. The molecule has 0 atom stereocenters. The van der Waals surface area contributed by atoms with Gasteiger partial charge < -0.3 is 5.73 Å². The third-order valence-electron chi connectivity index (χ3n) is 2.05. The Morgan fingerprint density at radius 3 is 2.17 bits per heavy atom. The largest absolute Gasteiger partial charge is 0.327 e. The summed E-state index contributed by atoms with van der Waals surface area (Å²) in [6.45, 7) is 7.71. The summed E-state index contributed by atoms with van der Waals surface area (Å²) in [6.07, 6.45) is 0. The Morgan fingerprint density at radius 1 is 1.17 bits per heavy atom. The second kappa shape index (κ2) is 3.41. The van der Waals surface area contributed by atoms with Crippen molar-refractivity contribution in [2.24, 2.45) is 5.73 Å². The highest BCUT2D eigenvalue weighted by Crippen LogP contribution is 2.06. The standard InChI is InChI=1S/C10H17NSi/c1-12(2,3)10-7-5-4-6-9(10)8-11/h4-7H,8,11H2,1-3H3. The first-order valence-corrected chi connectivity index (χ1v) is 7.84. The predicted octanol–water partition coefficient (Wildman–Crippen LogP) is 1.69. The first-order chi connectivity index (χ1) is 5.55. The van der Waals surface area contributed by atoms with E-state index in [1.165, 1.54) is 10.8 Å². The average Bonchev–Trinajstić information content (AvgIpc) is 2.03. The van der Waals surface area contributed by atoms with Crippen LogP contribution in [0.25, 0.3) is 0 Å². The number of hydrogen-bond donors (Lipinski definition) is 1. The molecule has 0 saturated heterocycles. The van der Waals surface area contributed by atoms with Gasteiger partial charge in [-0.2, -0.15) is 0 Å². The molecule has 0 saturated carbocycles. The molecule has 0 aliphatic rings. The van der Waals surface area contributed by atoms with E-state index in [0.717, 1.165) is 0 Å². The zero-order valence-electron chi connectivity index (χ0n) is 8.09. The lowest BCUT2D eigenvalue weighted by Gasteiger charge is -2.19. The Hall–Kier alpha value is -0.603. The van der Waals surface area contributed by atoms with Gasteiger partial charge in [0, 0.05) is 6.54 Å². The Kier molecular flexibility index (Phi) is 2.70. The van der Waals surface area contributed by atoms with E-state index in [1.807, 2.05) is 0 Å². The van der Waals surface area contributed by atoms with Crippen LogP contribution in [-0.4, -0.2) is 8.07 Å². The lowest BCUT2D eigenvalue weighted by molar-refractivity contribution is 1.08. The monoisotopic (exact) mass is 179 g/mol. The first-order valence-electron chi connectivity index (χ1n) is 4.34. The quantitative estimate of drug-likeness (QED) is 0.687. The molecule has 12 heavy (non-hydrogen) atoms. The molecule has 2 N–H and O–H groups in total. The van der Waals surface area contributed by atoms with Gasteiger partial charge in [0.15, 0.2) is 0 Å². The molecule has 0 aliphatic carbocycles. The maximum atomic E-state index is 5.67. The second-order valence-corrected chi connectivity index (χ2v) is 9.15.